The van der Waals surface area contributed by atoms with Crippen LogP contribution in [0.15, 0.2) is 0 Å². The fraction of sp³-hybridized carbons (Fsp3) is 1.00. The van der Waals surface area contributed by atoms with Crippen molar-refractivity contribution >= 4 is 0 Å². The molecule has 0 aromatic carbocycles. The molecule has 2 fully saturated rings. The smallest absolute Gasteiger partial charge is 0.0687 e. The van der Waals surface area contributed by atoms with E-state index in [1.54, 1.807) is 0 Å². The predicted octanol–water partition coefficient (Wildman–Crippen LogP) is 3.13. The standard InChI is InChI=1S/C14H26O2/c1-13(2)9-11(14(3,4)16-13)12(15)8-10-6-5-7-10/h10-12,15H,5-9H2,1-4H3. The molecule has 0 radical (unpaired) electrons. The lowest BCUT2D eigenvalue weighted by molar-refractivity contribution is -0.0902. The van der Waals surface area contributed by atoms with Crippen molar-refractivity contribution in [3.63, 3.8) is 0 Å². The third-order valence-electron chi connectivity index (χ3n) is 4.41. The third-order valence-corrected chi connectivity index (χ3v) is 4.41. The maximum absolute atomic E-state index is 10.4. The van der Waals surface area contributed by atoms with Gasteiger partial charge in [-0.15, -0.1) is 0 Å². The van der Waals surface area contributed by atoms with Crippen molar-refractivity contribution < 1.29 is 9.84 Å². The summed E-state index contributed by atoms with van der Waals surface area (Å²) in [7, 11) is 0. The molecule has 94 valence electrons. The molecule has 2 rings (SSSR count). The fourth-order valence-corrected chi connectivity index (χ4v) is 3.44. The summed E-state index contributed by atoms with van der Waals surface area (Å²) in [5.41, 5.74) is -0.249. The Morgan fingerprint density at radius 3 is 2.25 bits per heavy atom. The van der Waals surface area contributed by atoms with Crippen molar-refractivity contribution in [2.24, 2.45) is 11.8 Å². The number of rotatable bonds is 3. The minimum absolute atomic E-state index is 0.0746. The van der Waals surface area contributed by atoms with E-state index in [9.17, 15) is 5.11 Å². The van der Waals surface area contributed by atoms with Crippen molar-refractivity contribution in [2.45, 2.75) is 77.1 Å². The topological polar surface area (TPSA) is 29.5 Å². The molecule has 2 atom stereocenters. The van der Waals surface area contributed by atoms with E-state index in [0.29, 0.717) is 5.92 Å². The molecule has 2 aliphatic rings. The molecule has 2 heteroatoms. The Labute approximate surface area is 99.4 Å². The van der Waals surface area contributed by atoms with E-state index < -0.39 is 0 Å². The monoisotopic (exact) mass is 226 g/mol. The quantitative estimate of drug-likeness (QED) is 0.801. The molecule has 16 heavy (non-hydrogen) atoms. The van der Waals surface area contributed by atoms with Crippen LogP contribution in [-0.4, -0.2) is 22.4 Å². The molecular formula is C14H26O2. The van der Waals surface area contributed by atoms with Crippen molar-refractivity contribution in [3.8, 4) is 0 Å². The van der Waals surface area contributed by atoms with E-state index in [2.05, 4.69) is 27.7 Å². The van der Waals surface area contributed by atoms with Crippen LogP contribution in [0.25, 0.3) is 0 Å². The molecule has 0 amide bonds. The lowest BCUT2D eigenvalue weighted by atomic mass is 9.75. The molecule has 1 aliphatic carbocycles. The van der Waals surface area contributed by atoms with Gasteiger partial charge < -0.3 is 9.84 Å². The normalized spacial score (nSPS) is 34.7. The Balaban J connectivity index is 1.96. The Kier molecular flexibility index (Phi) is 3.09. The first-order chi connectivity index (χ1) is 7.30. The van der Waals surface area contributed by atoms with E-state index in [-0.39, 0.29) is 17.3 Å². The second-order valence-corrected chi connectivity index (χ2v) is 6.88. The fourth-order valence-electron chi connectivity index (χ4n) is 3.44. The molecule has 0 aromatic rings. The highest BCUT2D eigenvalue weighted by Gasteiger charge is 2.49. The van der Waals surface area contributed by atoms with Crippen LogP contribution < -0.4 is 0 Å². The molecule has 1 N–H and O–H groups in total. The van der Waals surface area contributed by atoms with Crippen LogP contribution in [0.4, 0.5) is 0 Å². The first-order valence-electron chi connectivity index (χ1n) is 6.68. The lowest BCUT2D eigenvalue weighted by Gasteiger charge is -2.34. The molecule has 0 spiro atoms. The van der Waals surface area contributed by atoms with Gasteiger partial charge in [-0.1, -0.05) is 19.3 Å². The summed E-state index contributed by atoms with van der Waals surface area (Å²) >= 11 is 0. The Bertz CT molecular complexity index is 253. The minimum Gasteiger partial charge on any atom is -0.393 e. The highest BCUT2D eigenvalue weighted by Crippen LogP contribution is 2.45. The first-order valence-corrected chi connectivity index (χ1v) is 6.68. The summed E-state index contributed by atoms with van der Waals surface area (Å²) in [4.78, 5) is 0. The highest BCUT2D eigenvalue weighted by molar-refractivity contribution is 4.97. The number of hydrogen-bond donors (Lipinski definition) is 1. The van der Waals surface area contributed by atoms with Crippen LogP contribution in [0.2, 0.25) is 0 Å². The van der Waals surface area contributed by atoms with Gasteiger partial charge in [-0.25, -0.2) is 0 Å². The minimum atomic E-state index is -0.179. The van der Waals surface area contributed by atoms with Crippen molar-refractivity contribution in [3.05, 3.63) is 0 Å². The molecule has 2 nitrogen and oxygen atoms in total. The summed E-state index contributed by atoms with van der Waals surface area (Å²) in [5, 5.41) is 10.4. The van der Waals surface area contributed by atoms with Crippen molar-refractivity contribution in [1.29, 1.82) is 0 Å². The largest absolute Gasteiger partial charge is 0.393 e. The summed E-state index contributed by atoms with van der Waals surface area (Å²) in [6.45, 7) is 8.50. The van der Waals surface area contributed by atoms with Gasteiger partial charge in [-0.05, 0) is 46.5 Å². The second-order valence-electron chi connectivity index (χ2n) is 6.88. The van der Waals surface area contributed by atoms with E-state index in [1.165, 1.54) is 19.3 Å². The maximum atomic E-state index is 10.4. The predicted molar refractivity (Wildman–Crippen MR) is 65.3 cm³/mol. The molecule has 0 bridgehead atoms. The Hall–Kier alpha value is -0.0800. The van der Waals surface area contributed by atoms with Crippen molar-refractivity contribution in [1.82, 2.24) is 0 Å². The summed E-state index contributed by atoms with van der Waals surface area (Å²) in [6.07, 6.45) is 5.76. The zero-order valence-electron chi connectivity index (χ0n) is 11.1. The van der Waals surface area contributed by atoms with Gasteiger partial charge in [0.15, 0.2) is 0 Å². The maximum Gasteiger partial charge on any atom is 0.0687 e. The summed E-state index contributed by atoms with van der Waals surface area (Å²) in [5.74, 6) is 1.07. The van der Waals surface area contributed by atoms with Gasteiger partial charge in [0.25, 0.3) is 0 Å². The molecule has 0 aromatic heterocycles. The number of aliphatic hydroxyl groups excluding tert-OH is 1. The van der Waals surface area contributed by atoms with Crippen LogP contribution >= 0.6 is 0 Å². The van der Waals surface area contributed by atoms with Crippen LogP contribution in [0.5, 0.6) is 0 Å². The molecule has 2 unspecified atom stereocenters. The summed E-state index contributed by atoms with van der Waals surface area (Å²) < 4.78 is 6.04. The lowest BCUT2D eigenvalue weighted by Crippen LogP contribution is -2.37. The van der Waals surface area contributed by atoms with Crippen molar-refractivity contribution in [2.75, 3.05) is 0 Å². The van der Waals surface area contributed by atoms with Gasteiger partial charge in [0.05, 0.1) is 17.3 Å². The van der Waals surface area contributed by atoms with Gasteiger partial charge in [0.1, 0.15) is 0 Å². The number of aliphatic hydroxyl groups is 1. The molecule has 1 heterocycles. The third kappa shape index (κ3) is 2.43. The van der Waals surface area contributed by atoms with Gasteiger partial charge >= 0.3 is 0 Å². The summed E-state index contributed by atoms with van der Waals surface area (Å²) in [6, 6.07) is 0. The molecular weight excluding hydrogens is 200 g/mol. The molecule has 1 saturated carbocycles. The zero-order chi connectivity index (χ0) is 12.0. The highest BCUT2D eigenvalue weighted by atomic mass is 16.5. The van der Waals surface area contributed by atoms with Gasteiger partial charge in [0, 0.05) is 5.92 Å². The first kappa shape index (κ1) is 12.4. The van der Waals surface area contributed by atoms with E-state index in [1.807, 2.05) is 0 Å². The van der Waals surface area contributed by atoms with E-state index >= 15 is 0 Å². The Morgan fingerprint density at radius 2 is 1.88 bits per heavy atom. The number of hydrogen-bond acceptors (Lipinski definition) is 2. The average molecular weight is 226 g/mol. The zero-order valence-corrected chi connectivity index (χ0v) is 11.1. The molecule has 1 aliphatic heterocycles. The van der Waals surface area contributed by atoms with Crippen LogP contribution in [0.1, 0.15) is 59.8 Å². The van der Waals surface area contributed by atoms with Crippen LogP contribution in [-0.2, 0) is 4.74 Å². The van der Waals surface area contributed by atoms with Gasteiger partial charge in [0.2, 0.25) is 0 Å². The van der Waals surface area contributed by atoms with E-state index in [0.717, 1.165) is 18.8 Å². The number of ether oxygens (including phenoxy) is 1. The van der Waals surface area contributed by atoms with Crippen LogP contribution in [0.3, 0.4) is 0 Å². The van der Waals surface area contributed by atoms with E-state index in [4.69, 9.17) is 4.74 Å². The van der Waals surface area contributed by atoms with Gasteiger partial charge in [-0.3, -0.25) is 0 Å². The molecule has 1 saturated heterocycles. The van der Waals surface area contributed by atoms with Crippen LogP contribution in [0, 0.1) is 11.8 Å². The Morgan fingerprint density at radius 1 is 1.25 bits per heavy atom. The average Bonchev–Trinajstić information content (AvgIpc) is 2.26. The second kappa shape index (κ2) is 3.99. The SMILES string of the molecule is CC1(C)CC(C(O)CC2CCC2)C(C)(C)O1. The van der Waals surface area contributed by atoms with Gasteiger partial charge in [-0.2, -0.15) is 0 Å².